The van der Waals surface area contributed by atoms with E-state index in [4.69, 9.17) is 4.43 Å². The van der Waals surface area contributed by atoms with E-state index in [1.54, 1.807) is 12.1 Å². The van der Waals surface area contributed by atoms with Crippen molar-refractivity contribution < 1.29 is 14.0 Å². The zero-order valence-electron chi connectivity index (χ0n) is 11.2. The first-order valence-electron chi connectivity index (χ1n) is 5.93. The summed E-state index contributed by atoms with van der Waals surface area (Å²) in [4.78, 5) is 24.5. The number of carbonyl (C=O) groups is 2. The van der Waals surface area contributed by atoms with E-state index < -0.39 is 8.32 Å². The van der Waals surface area contributed by atoms with Crippen LogP contribution in [0.1, 0.15) is 0 Å². The van der Waals surface area contributed by atoms with Crippen molar-refractivity contribution in [2.24, 2.45) is 0 Å². The van der Waals surface area contributed by atoms with Gasteiger partial charge in [-0.2, -0.15) is 0 Å². The second-order valence-corrected chi connectivity index (χ2v) is 11.4. The van der Waals surface area contributed by atoms with Crippen molar-refractivity contribution in [2.75, 3.05) is 4.90 Å². The predicted octanol–water partition coefficient (Wildman–Crippen LogP) is 3.85. The lowest BCUT2D eigenvalue weighted by Gasteiger charge is -2.23. The maximum atomic E-state index is 11.7. The molecule has 20 heavy (non-hydrogen) atoms. The second-order valence-electron chi connectivity index (χ2n) is 5.30. The number of hydrogen-bond donors (Lipinski definition) is 0. The summed E-state index contributed by atoms with van der Waals surface area (Å²) in [6.07, 6.45) is 2.52. The molecule has 1 aliphatic heterocycles. The minimum atomic E-state index is -1.76. The van der Waals surface area contributed by atoms with Crippen LogP contribution in [0.15, 0.2) is 33.2 Å². The number of carbonyl (C=O) groups excluding carboxylic acids is 2. The zero-order chi connectivity index (χ0) is 15.1. The van der Waals surface area contributed by atoms with Gasteiger partial charge in [-0.05, 0) is 63.6 Å². The molecule has 1 aliphatic rings. The van der Waals surface area contributed by atoms with Crippen LogP contribution in [0.4, 0.5) is 5.69 Å². The molecule has 0 aliphatic carbocycles. The molecular weight excluding hydrogens is 406 g/mol. The zero-order valence-corrected chi connectivity index (χ0v) is 15.4. The van der Waals surface area contributed by atoms with Crippen molar-refractivity contribution in [3.8, 4) is 5.75 Å². The van der Waals surface area contributed by atoms with Crippen molar-refractivity contribution in [1.29, 1.82) is 0 Å². The molecule has 0 atom stereocenters. The molecule has 0 saturated carbocycles. The summed E-state index contributed by atoms with van der Waals surface area (Å²) in [6.45, 7) is 6.24. The number of nitrogens with zero attached hydrogens (tertiary/aromatic N) is 1. The molecule has 4 nitrogen and oxygen atoms in total. The Morgan fingerprint density at radius 2 is 1.45 bits per heavy atom. The molecule has 106 valence electrons. The number of hydrogen-bond acceptors (Lipinski definition) is 3. The van der Waals surface area contributed by atoms with Crippen LogP contribution >= 0.6 is 31.9 Å². The highest BCUT2D eigenvalue weighted by atomic mass is 79.9. The number of benzene rings is 1. The van der Waals surface area contributed by atoms with E-state index in [1.807, 2.05) is 0 Å². The minimum Gasteiger partial charge on any atom is -0.543 e. The molecule has 0 unspecified atom stereocenters. The monoisotopic (exact) mass is 417 g/mol. The van der Waals surface area contributed by atoms with Gasteiger partial charge in [0.2, 0.25) is 8.32 Å². The number of anilines is 1. The van der Waals surface area contributed by atoms with Gasteiger partial charge < -0.3 is 4.43 Å². The van der Waals surface area contributed by atoms with Crippen LogP contribution in [0.25, 0.3) is 0 Å². The van der Waals surface area contributed by atoms with Crippen LogP contribution in [0, 0.1) is 0 Å². The van der Waals surface area contributed by atoms with Gasteiger partial charge in [0.15, 0.2) is 0 Å². The molecule has 0 radical (unpaired) electrons. The summed E-state index contributed by atoms with van der Waals surface area (Å²) in [7, 11) is -1.76. The van der Waals surface area contributed by atoms with Crippen molar-refractivity contribution in [3.63, 3.8) is 0 Å². The second kappa shape index (κ2) is 5.46. The van der Waals surface area contributed by atoms with Gasteiger partial charge in [-0.25, -0.2) is 4.90 Å². The Morgan fingerprint density at radius 1 is 1.00 bits per heavy atom. The fraction of sp³-hybridized carbons (Fsp3) is 0.231. The number of rotatable bonds is 3. The molecule has 0 fully saturated rings. The lowest BCUT2D eigenvalue weighted by atomic mass is 10.3. The third kappa shape index (κ3) is 3.21. The van der Waals surface area contributed by atoms with Gasteiger partial charge in [0, 0.05) is 12.2 Å². The number of imide groups is 1. The molecule has 0 N–H and O–H groups in total. The van der Waals surface area contributed by atoms with Crippen molar-refractivity contribution in [1.82, 2.24) is 0 Å². The summed E-state index contributed by atoms with van der Waals surface area (Å²) in [5, 5.41) is 0. The van der Waals surface area contributed by atoms with Crippen LogP contribution in [0.3, 0.4) is 0 Å². The topological polar surface area (TPSA) is 46.6 Å². The van der Waals surface area contributed by atoms with Crippen LogP contribution < -0.4 is 9.33 Å². The van der Waals surface area contributed by atoms with Gasteiger partial charge in [0.1, 0.15) is 5.75 Å². The summed E-state index contributed by atoms with van der Waals surface area (Å²) in [6, 6.07) is 3.42. The Bertz CT molecular complexity index is 582. The first-order valence-corrected chi connectivity index (χ1v) is 10.9. The van der Waals surface area contributed by atoms with Gasteiger partial charge in [0.05, 0.1) is 14.6 Å². The van der Waals surface area contributed by atoms with Gasteiger partial charge in [-0.15, -0.1) is 0 Å². The molecule has 2 amide bonds. The Balaban J connectivity index is 2.41. The van der Waals surface area contributed by atoms with Gasteiger partial charge in [-0.3, -0.25) is 9.59 Å². The van der Waals surface area contributed by atoms with Crippen molar-refractivity contribution >= 4 is 57.7 Å². The lowest BCUT2D eigenvalue weighted by molar-refractivity contribution is -0.119. The van der Waals surface area contributed by atoms with Crippen LogP contribution in [0.5, 0.6) is 5.75 Å². The summed E-state index contributed by atoms with van der Waals surface area (Å²) in [5.41, 5.74) is 0.506. The molecular formula is C13H13Br2NO3Si. The molecule has 1 aromatic carbocycles. The Morgan fingerprint density at radius 3 is 1.85 bits per heavy atom. The fourth-order valence-corrected chi connectivity index (χ4v) is 4.19. The van der Waals surface area contributed by atoms with E-state index in [0.717, 1.165) is 4.90 Å². The van der Waals surface area contributed by atoms with E-state index in [0.29, 0.717) is 20.4 Å². The number of halogens is 2. The largest absolute Gasteiger partial charge is 0.543 e. The molecule has 7 heteroatoms. The highest BCUT2D eigenvalue weighted by molar-refractivity contribution is 9.11. The first kappa shape index (κ1) is 15.5. The van der Waals surface area contributed by atoms with Crippen LogP contribution in [-0.4, -0.2) is 20.1 Å². The summed E-state index contributed by atoms with van der Waals surface area (Å²) >= 11 is 6.87. The first-order chi connectivity index (χ1) is 9.19. The SMILES string of the molecule is C[Si](C)(C)Oc1c(Br)cc(N2C(=O)C=CC2=O)cc1Br. The van der Waals surface area contributed by atoms with Crippen LogP contribution in [-0.2, 0) is 9.59 Å². The average Bonchev–Trinajstić information content (AvgIpc) is 2.62. The van der Waals surface area contributed by atoms with Crippen molar-refractivity contribution in [2.45, 2.75) is 19.6 Å². The lowest BCUT2D eigenvalue weighted by Crippen LogP contribution is -2.31. The summed E-state index contributed by atoms with van der Waals surface area (Å²) < 4.78 is 7.39. The average molecular weight is 419 g/mol. The standard InChI is InChI=1S/C13H13Br2NO3Si/c1-20(2,3)19-13-9(14)6-8(7-10(13)15)16-11(17)4-5-12(16)18/h4-7H,1-3H3. The normalized spacial score (nSPS) is 15.2. The highest BCUT2D eigenvalue weighted by Gasteiger charge is 2.27. The van der Waals surface area contributed by atoms with E-state index in [9.17, 15) is 9.59 Å². The molecule has 1 aromatic rings. The van der Waals surface area contributed by atoms with Gasteiger partial charge in [0.25, 0.3) is 11.8 Å². The smallest absolute Gasteiger partial charge is 0.258 e. The molecule has 0 spiro atoms. The third-order valence-corrected chi connectivity index (χ3v) is 4.45. The van der Waals surface area contributed by atoms with E-state index in [1.165, 1.54) is 12.2 Å². The molecule has 2 rings (SSSR count). The third-order valence-electron chi connectivity index (χ3n) is 2.46. The Kier molecular flexibility index (Phi) is 4.22. The van der Waals surface area contributed by atoms with Gasteiger partial charge in [-0.1, -0.05) is 0 Å². The van der Waals surface area contributed by atoms with Crippen LogP contribution in [0.2, 0.25) is 19.6 Å². The van der Waals surface area contributed by atoms with E-state index in [2.05, 4.69) is 51.5 Å². The maximum absolute atomic E-state index is 11.7. The maximum Gasteiger partial charge on any atom is 0.258 e. The highest BCUT2D eigenvalue weighted by Crippen LogP contribution is 2.39. The fourth-order valence-electron chi connectivity index (χ4n) is 1.73. The molecule has 0 bridgehead atoms. The minimum absolute atomic E-state index is 0.340. The Hall–Kier alpha value is -0.923. The van der Waals surface area contributed by atoms with E-state index in [-0.39, 0.29) is 11.8 Å². The Labute approximate surface area is 135 Å². The molecule has 0 aromatic heterocycles. The van der Waals surface area contributed by atoms with Gasteiger partial charge >= 0.3 is 0 Å². The summed E-state index contributed by atoms with van der Waals surface area (Å²) in [5.74, 6) is 0.0142. The molecule has 0 saturated heterocycles. The number of amides is 2. The quantitative estimate of drug-likeness (QED) is 0.553. The van der Waals surface area contributed by atoms with E-state index >= 15 is 0 Å². The predicted molar refractivity (Wildman–Crippen MR) is 87.4 cm³/mol. The molecule has 1 heterocycles. The van der Waals surface area contributed by atoms with Crippen molar-refractivity contribution in [3.05, 3.63) is 33.2 Å².